The molecule has 0 aliphatic carbocycles. The number of halogens is 4. The van der Waals surface area contributed by atoms with Gasteiger partial charge in [0.15, 0.2) is 16.8 Å². The van der Waals surface area contributed by atoms with Crippen molar-refractivity contribution in [2.45, 2.75) is 11.2 Å². The van der Waals surface area contributed by atoms with E-state index in [9.17, 15) is 18.0 Å². The lowest BCUT2D eigenvalue weighted by atomic mass is 9.95. The molecule has 0 saturated carbocycles. The van der Waals surface area contributed by atoms with Gasteiger partial charge in [-0.25, -0.2) is 32.9 Å². The van der Waals surface area contributed by atoms with E-state index in [1.807, 2.05) is 0 Å². The molecule has 1 aliphatic heterocycles. The lowest BCUT2D eigenvalue weighted by molar-refractivity contribution is -0.136. The van der Waals surface area contributed by atoms with Crippen molar-refractivity contribution in [1.82, 2.24) is 20.3 Å². The van der Waals surface area contributed by atoms with Crippen LogP contribution in [0.4, 0.5) is 13.2 Å². The molecule has 0 radical (unpaired) electrons. The van der Waals surface area contributed by atoms with Crippen molar-refractivity contribution in [3.63, 3.8) is 0 Å². The summed E-state index contributed by atoms with van der Waals surface area (Å²) in [7, 11) is 1.20. The third kappa shape index (κ3) is 5.05. The average molecular weight is 506 g/mol. The van der Waals surface area contributed by atoms with Crippen molar-refractivity contribution >= 4 is 35.2 Å². The molecule has 2 aromatic heterocycles. The molecule has 0 unspecified atom stereocenters. The summed E-state index contributed by atoms with van der Waals surface area (Å²) in [4.78, 5) is 29.3. The van der Waals surface area contributed by atoms with Crippen LogP contribution < -0.4 is 5.32 Å². The summed E-state index contributed by atoms with van der Waals surface area (Å²) in [6.45, 7) is 0. The second-order valence-electron chi connectivity index (χ2n) is 6.86. The summed E-state index contributed by atoms with van der Waals surface area (Å²) in [5, 5.41) is 3.33. The van der Waals surface area contributed by atoms with Crippen LogP contribution in [0.15, 0.2) is 70.3 Å². The highest BCUT2D eigenvalue weighted by atomic mass is 35.5. The normalized spacial score (nSPS) is 15.6. The smallest absolute Gasteiger partial charge is 0.338 e. The fourth-order valence-corrected chi connectivity index (χ4v) is 4.26. The monoisotopic (exact) mass is 505 g/mol. The number of benzene rings is 1. The lowest BCUT2D eigenvalue weighted by Gasteiger charge is -2.27. The third-order valence-electron chi connectivity index (χ3n) is 4.71. The van der Waals surface area contributed by atoms with E-state index in [1.54, 1.807) is 18.5 Å². The molecular formula is C22H15ClF3N5O2S. The van der Waals surface area contributed by atoms with Gasteiger partial charge in [0.05, 0.1) is 18.9 Å². The molecule has 3 heterocycles. The summed E-state index contributed by atoms with van der Waals surface area (Å²) >= 11 is 7.47. The zero-order chi connectivity index (χ0) is 24.2. The maximum Gasteiger partial charge on any atom is 0.338 e. The quantitative estimate of drug-likeness (QED) is 0.304. The number of esters is 1. The zero-order valence-electron chi connectivity index (χ0n) is 17.4. The summed E-state index contributed by atoms with van der Waals surface area (Å²) < 4.78 is 46.7. The highest BCUT2D eigenvalue weighted by Gasteiger charge is 2.34. The summed E-state index contributed by atoms with van der Waals surface area (Å²) in [6.07, 6.45) is 3.96. The first kappa shape index (κ1) is 23.7. The SMILES string of the molecule is COC(=O)C1=C(CSc2ncccn2)NC(c2ncc(F)cc2F)=N[C@H]1c1ccc(F)cc1Cl. The molecule has 4 rings (SSSR count). The summed E-state index contributed by atoms with van der Waals surface area (Å²) in [6, 6.07) is 4.84. The standard InChI is InChI=1S/C22H15ClF3N5O2S/c1-33-21(32)17-16(10-34-22-27-5-2-6-28-22)30-20(19-15(26)8-12(25)9-29-19)31-18(17)13-4-3-11(24)7-14(13)23/h2-9,18H,10H2,1H3,(H,30,31)/t18-/m0/s1. The Morgan fingerprint density at radius 3 is 2.59 bits per heavy atom. The number of carbonyl (C=O) groups is 1. The number of ether oxygens (including phenoxy) is 1. The van der Waals surface area contributed by atoms with Gasteiger partial charge in [0, 0.05) is 40.5 Å². The number of amidine groups is 1. The van der Waals surface area contributed by atoms with Crippen LogP contribution in [0, 0.1) is 17.5 Å². The first-order valence-corrected chi connectivity index (χ1v) is 11.1. The number of aliphatic imine (C=N–C) groups is 1. The van der Waals surface area contributed by atoms with Crippen molar-refractivity contribution in [2.24, 2.45) is 4.99 Å². The van der Waals surface area contributed by atoms with Gasteiger partial charge >= 0.3 is 5.97 Å². The van der Waals surface area contributed by atoms with Gasteiger partial charge in [0.1, 0.15) is 23.4 Å². The highest BCUT2D eigenvalue weighted by molar-refractivity contribution is 7.99. The molecule has 7 nitrogen and oxygen atoms in total. The second kappa shape index (κ2) is 10.2. The predicted octanol–water partition coefficient (Wildman–Crippen LogP) is 4.25. The molecule has 0 amide bonds. The molecular weight excluding hydrogens is 491 g/mol. The van der Waals surface area contributed by atoms with Crippen molar-refractivity contribution in [3.8, 4) is 0 Å². The molecule has 1 aromatic carbocycles. The van der Waals surface area contributed by atoms with Crippen LogP contribution in [0.5, 0.6) is 0 Å². The maximum atomic E-state index is 14.6. The number of hydrogen-bond acceptors (Lipinski definition) is 8. The van der Waals surface area contributed by atoms with Gasteiger partial charge < -0.3 is 10.1 Å². The number of aromatic nitrogens is 3. The van der Waals surface area contributed by atoms with Gasteiger partial charge in [-0.05, 0) is 18.2 Å². The van der Waals surface area contributed by atoms with Crippen molar-refractivity contribution in [1.29, 1.82) is 0 Å². The van der Waals surface area contributed by atoms with E-state index in [0.717, 1.165) is 18.3 Å². The predicted molar refractivity (Wildman–Crippen MR) is 120 cm³/mol. The Balaban J connectivity index is 1.85. The van der Waals surface area contributed by atoms with Gasteiger partial charge in [-0.2, -0.15) is 0 Å². The number of methoxy groups -OCH3 is 1. The molecule has 1 atom stereocenters. The van der Waals surface area contributed by atoms with E-state index >= 15 is 0 Å². The summed E-state index contributed by atoms with van der Waals surface area (Å²) in [5.74, 6) is -3.07. The van der Waals surface area contributed by atoms with E-state index in [0.29, 0.717) is 16.9 Å². The van der Waals surface area contributed by atoms with E-state index in [1.165, 1.54) is 24.9 Å². The van der Waals surface area contributed by atoms with Crippen LogP contribution in [0.2, 0.25) is 5.02 Å². The van der Waals surface area contributed by atoms with Crippen molar-refractivity contribution < 1.29 is 22.7 Å². The van der Waals surface area contributed by atoms with Gasteiger partial charge in [0.2, 0.25) is 0 Å². The van der Waals surface area contributed by atoms with E-state index in [4.69, 9.17) is 16.3 Å². The van der Waals surface area contributed by atoms with Crippen LogP contribution in [-0.2, 0) is 9.53 Å². The highest BCUT2D eigenvalue weighted by Crippen LogP contribution is 2.37. The fourth-order valence-electron chi connectivity index (χ4n) is 3.21. The maximum absolute atomic E-state index is 14.6. The number of rotatable bonds is 6. The Morgan fingerprint density at radius 1 is 1.15 bits per heavy atom. The number of hydrogen-bond donors (Lipinski definition) is 1. The second-order valence-corrected chi connectivity index (χ2v) is 8.21. The van der Waals surface area contributed by atoms with Crippen LogP contribution in [-0.4, -0.2) is 39.6 Å². The Labute approximate surface area is 201 Å². The average Bonchev–Trinajstić information content (AvgIpc) is 2.82. The largest absolute Gasteiger partial charge is 0.466 e. The molecule has 1 N–H and O–H groups in total. The van der Waals surface area contributed by atoms with E-state index < -0.39 is 29.5 Å². The van der Waals surface area contributed by atoms with Gasteiger partial charge in [-0.3, -0.25) is 4.99 Å². The van der Waals surface area contributed by atoms with E-state index in [-0.39, 0.29) is 33.4 Å². The Bertz CT molecular complexity index is 1310. The van der Waals surface area contributed by atoms with Crippen molar-refractivity contribution in [2.75, 3.05) is 12.9 Å². The number of thioether (sulfide) groups is 1. The van der Waals surface area contributed by atoms with Gasteiger partial charge in [-0.1, -0.05) is 29.4 Å². The topological polar surface area (TPSA) is 89.4 Å². The third-order valence-corrected chi connectivity index (χ3v) is 5.94. The Morgan fingerprint density at radius 2 is 1.91 bits per heavy atom. The molecule has 34 heavy (non-hydrogen) atoms. The molecule has 174 valence electrons. The molecule has 0 fully saturated rings. The lowest BCUT2D eigenvalue weighted by Crippen LogP contribution is -2.36. The molecule has 0 bridgehead atoms. The van der Waals surface area contributed by atoms with Crippen molar-refractivity contribution in [3.05, 3.63) is 93.9 Å². The van der Waals surface area contributed by atoms with E-state index in [2.05, 4.69) is 25.3 Å². The minimum Gasteiger partial charge on any atom is -0.466 e. The number of nitrogens with one attached hydrogen (secondary N) is 1. The van der Waals surface area contributed by atoms with Gasteiger partial charge in [-0.15, -0.1) is 0 Å². The molecule has 3 aromatic rings. The summed E-state index contributed by atoms with van der Waals surface area (Å²) in [5.41, 5.74) is 0.381. The molecule has 12 heteroatoms. The van der Waals surface area contributed by atoms with Gasteiger partial charge in [0.25, 0.3) is 0 Å². The minimum atomic E-state index is -1.09. The van der Waals surface area contributed by atoms with Crippen LogP contribution >= 0.6 is 23.4 Å². The zero-order valence-corrected chi connectivity index (χ0v) is 19.0. The van der Waals surface area contributed by atoms with Crippen LogP contribution in [0.25, 0.3) is 0 Å². The molecule has 1 aliphatic rings. The molecule has 0 spiro atoms. The molecule has 0 saturated heterocycles. The number of carbonyl (C=O) groups excluding carboxylic acids is 1. The number of nitrogens with zero attached hydrogens (tertiary/aromatic N) is 4. The minimum absolute atomic E-state index is 0.00216. The Hall–Kier alpha value is -3.44. The Kier molecular flexibility index (Phi) is 7.13. The number of pyridine rings is 1. The first-order valence-electron chi connectivity index (χ1n) is 9.69. The first-order chi connectivity index (χ1) is 16.4. The fraction of sp³-hybridized carbons (Fsp3) is 0.136. The van der Waals surface area contributed by atoms with Crippen LogP contribution in [0.3, 0.4) is 0 Å². The van der Waals surface area contributed by atoms with Crippen LogP contribution in [0.1, 0.15) is 17.3 Å².